The predicted molar refractivity (Wildman–Crippen MR) is 107 cm³/mol. The van der Waals surface area contributed by atoms with E-state index in [1.165, 1.54) is 11.3 Å². The van der Waals surface area contributed by atoms with E-state index in [1.54, 1.807) is 14.2 Å². The van der Waals surface area contributed by atoms with Crippen molar-refractivity contribution >= 4 is 5.69 Å². The van der Waals surface area contributed by atoms with Crippen LogP contribution < -0.4 is 10.1 Å². The van der Waals surface area contributed by atoms with Crippen LogP contribution in [-0.2, 0) is 11.2 Å². The van der Waals surface area contributed by atoms with E-state index in [2.05, 4.69) is 52.7 Å². The van der Waals surface area contributed by atoms with Gasteiger partial charge in [-0.1, -0.05) is 30.3 Å². The summed E-state index contributed by atoms with van der Waals surface area (Å²) in [6, 6.07) is 18.9. The Morgan fingerprint density at radius 1 is 0.962 bits per heavy atom. The molecule has 0 unspecified atom stereocenters. The van der Waals surface area contributed by atoms with E-state index in [0.29, 0.717) is 0 Å². The first-order valence-electron chi connectivity index (χ1n) is 9.40. The number of piperidine rings is 1. The fourth-order valence-electron chi connectivity index (χ4n) is 3.69. The van der Waals surface area contributed by atoms with Gasteiger partial charge in [0.25, 0.3) is 0 Å². The lowest BCUT2D eigenvalue weighted by Crippen LogP contribution is -2.52. The van der Waals surface area contributed by atoms with Gasteiger partial charge in [0.1, 0.15) is 5.75 Å². The molecule has 0 atom stereocenters. The van der Waals surface area contributed by atoms with Crippen LogP contribution in [0.5, 0.6) is 5.75 Å². The van der Waals surface area contributed by atoms with Gasteiger partial charge in [0.05, 0.1) is 19.3 Å². The molecular weight excluding hydrogens is 324 g/mol. The van der Waals surface area contributed by atoms with Gasteiger partial charge in [-0.3, -0.25) is 0 Å². The third-order valence-corrected chi connectivity index (χ3v) is 5.29. The van der Waals surface area contributed by atoms with Crippen molar-refractivity contribution in [2.45, 2.75) is 24.8 Å². The SMILES string of the molecule is COCC1(Nc2ccccc2)CCN(CCc2ccc(OC)cc2)CC1. The van der Waals surface area contributed by atoms with Crippen molar-refractivity contribution < 1.29 is 9.47 Å². The molecule has 1 N–H and O–H groups in total. The number of anilines is 1. The van der Waals surface area contributed by atoms with Crippen LogP contribution in [0, 0.1) is 0 Å². The Morgan fingerprint density at radius 2 is 1.65 bits per heavy atom. The number of likely N-dealkylation sites (tertiary alicyclic amines) is 1. The summed E-state index contributed by atoms with van der Waals surface area (Å²) in [6.45, 7) is 4.04. The van der Waals surface area contributed by atoms with E-state index in [-0.39, 0.29) is 5.54 Å². The first-order chi connectivity index (χ1) is 12.7. The maximum absolute atomic E-state index is 5.55. The van der Waals surface area contributed by atoms with Gasteiger partial charge < -0.3 is 19.7 Å². The molecule has 0 bridgehead atoms. The van der Waals surface area contributed by atoms with E-state index >= 15 is 0 Å². The van der Waals surface area contributed by atoms with Crippen LogP contribution in [0.4, 0.5) is 5.69 Å². The maximum Gasteiger partial charge on any atom is 0.118 e. The van der Waals surface area contributed by atoms with Crippen molar-refractivity contribution in [3.05, 3.63) is 60.2 Å². The third-order valence-electron chi connectivity index (χ3n) is 5.29. The Bertz CT molecular complexity index is 650. The maximum atomic E-state index is 5.55. The average molecular weight is 354 g/mol. The largest absolute Gasteiger partial charge is 0.497 e. The quantitative estimate of drug-likeness (QED) is 0.781. The van der Waals surface area contributed by atoms with Gasteiger partial charge in [0.15, 0.2) is 0 Å². The average Bonchev–Trinajstić information content (AvgIpc) is 2.69. The monoisotopic (exact) mass is 354 g/mol. The number of ether oxygens (including phenoxy) is 2. The van der Waals surface area contributed by atoms with Gasteiger partial charge in [-0.15, -0.1) is 0 Å². The van der Waals surface area contributed by atoms with E-state index in [9.17, 15) is 0 Å². The normalized spacial score (nSPS) is 17.0. The first kappa shape index (κ1) is 18.7. The molecule has 140 valence electrons. The van der Waals surface area contributed by atoms with E-state index in [4.69, 9.17) is 9.47 Å². The van der Waals surface area contributed by atoms with Crippen LogP contribution in [0.3, 0.4) is 0 Å². The summed E-state index contributed by atoms with van der Waals surface area (Å²) in [7, 11) is 3.50. The second-order valence-corrected chi connectivity index (χ2v) is 7.14. The Balaban J connectivity index is 1.52. The lowest BCUT2D eigenvalue weighted by Gasteiger charge is -2.42. The van der Waals surface area contributed by atoms with Gasteiger partial charge in [-0.25, -0.2) is 0 Å². The molecule has 1 heterocycles. The third kappa shape index (κ3) is 4.99. The highest BCUT2D eigenvalue weighted by atomic mass is 16.5. The second kappa shape index (κ2) is 9.06. The van der Waals surface area contributed by atoms with Crippen molar-refractivity contribution in [2.75, 3.05) is 45.8 Å². The van der Waals surface area contributed by atoms with Crippen LogP contribution in [0.1, 0.15) is 18.4 Å². The van der Waals surface area contributed by atoms with Crippen molar-refractivity contribution in [3.8, 4) is 5.75 Å². The van der Waals surface area contributed by atoms with Crippen LogP contribution >= 0.6 is 0 Å². The van der Waals surface area contributed by atoms with E-state index in [0.717, 1.165) is 51.3 Å². The number of hydrogen-bond acceptors (Lipinski definition) is 4. The molecule has 0 radical (unpaired) electrons. The molecule has 1 aliphatic heterocycles. The number of benzene rings is 2. The predicted octanol–water partition coefficient (Wildman–Crippen LogP) is 3.83. The van der Waals surface area contributed by atoms with Crippen LogP contribution in [0.25, 0.3) is 0 Å². The topological polar surface area (TPSA) is 33.7 Å². The molecule has 0 aromatic heterocycles. The Kier molecular flexibility index (Phi) is 6.53. The molecule has 0 spiro atoms. The number of nitrogens with one attached hydrogen (secondary N) is 1. The number of methoxy groups -OCH3 is 2. The molecule has 2 aromatic carbocycles. The van der Waals surface area contributed by atoms with Crippen molar-refractivity contribution in [3.63, 3.8) is 0 Å². The smallest absolute Gasteiger partial charge is 0.118 e. The minimum Gasteiger partial charge on any atom is -0.497 e. The van der Waals surface area contributed by atoms with Crippen LogP contribution in [-0.4, -0.2) is 50.9 Å². The molecule has 4 heteroatoms. The minimum atomic E-state index is 0.0344. The summed E-state index contributed by atoms with van der Waals surface area (Å²) in [5.41, 5.74) is 2.57. The van der Waals surface area contributed by atoms with E-state index < -0.39 is 0 Å². The zero-order valence-corrected chi connectivity index (χ0v) is 15.9. The van der Waals surface area contributed by atoms with Gasteiger partial charge in [0, 0.05) is 32.4 Å². The molecule has 1 fully saturated rings. The van der Waals surface area contributed by atoms with Crippen LogP contribution in [0.2, 0.25) is 0 Å². The summed E-state index contributed by atoms with van der Waals surface area (Å²) < 4.78 is 10.8. The molecule has 1 saturated heterocycles. The molecule has 0 aliphatic carbocycles. The molecular formula is C22H30N2O2. The Hall–Kier alpha value is -2.04. The van der Waals surface area contributed by atoms with E-state index in [1.807, 2.05) is 12.1 Å². The highest BCUT2D eigenvalue weighted by Gasteiger charge is 2.34. The lowest BCUT2D eigenvalue weighted by molar-refractivity contribution is 0.0891. The molecule has 2 aromatic rings. The fraction of sp³-hybridized carbons (Fsp3) is 0.455. The number of rotatable bonds is 8. The van der Waals surface area contributed by atoms with Gasteiger partial charge >= 0.3 is 0 Å². The standard InChI is InChI=1S/C22H30N2O2/c1-25-18-22(23-20-6-4-3-5-7-20)13-16-24(17-14-22)15-12-19-8-10-21(26-2)11-9-19/h3-11,23H,12-18H2,1-2H3. The summed E-state index contributed by atoms with van der Waals surface area (Å²) in [4.78, 5) is 2.56. The summed E-state index contributed by atoms with van der Waals surface area (Å²) in [5.74, 6) is 0.919. The van der Waals surface area contributed by atoms with Gasteiger partial charge in [-0.2, -0.15) is 0 Å². The highest BCUT2D eigenvalue weighted by molar-refractivity contribution is 5.45. The number of para-hydroxylation sites is 1. The molecule has 4 nitrogen and oxygen atoms in total. The molecule has 26 heavy (non-hydrogen) atoms. The fourth-order valence-corrected chi connectivity index (χ4v) is 3.69. The Morgan fingerprint density at radius 3 is 2.27 bits per heavy atom. The van der Waals surface area contributed by atoms with Gasteiger partial charge in [-0.05, 0) is 49.1 Å². The summed E-state index contributed by atoms with van der Waals surface area (Å²) in [5, 5.41) is 3.74. The van der Waals surface area contributed by atoms with Crippen LogP contribution in [0.15, 0.2) is 54.6 Å². The van der Waals surface area contributed by atoms with Gasteiger partial charge in [0.2, 0.25) is 0 Å². The lowest BCUT2D eigenvalue weighted by atomic mass is 9.87. The molecule has 0 amide bonds. The second-order valence-electron chi connectivity index (χ2n) is 7.14. The molecule has 0 saturated carbocycles. The Labute approximate surface area is 157 Å². The zero-order valence-electron chi connectivity index (χ0n) is 15.9. The highest BCUT2D eigenvalue weighted by Crippen LogP contribution is 2.27. The number of hydrogen-bond donors (Lipinski definition) is 1. The molecule has 1 aliphatic rings. The molecule has 3 rings (SSSR count). The summed E-state index contributed by atoms with van der Waals surface area (Å²) >= 11 is 0. The number of nitrogens with zero attached hydrogens (tertiary/aromatic N) is 1. The zero-order chi connectivity index (χ0) is 18.2. The van der Waals surface area contributed by atoms with Crippen molar-refractivity contribution in [1.29, 1.82) is 0 Å². The summed E-state index contributed by atoms with van der Waals surface area (Å²) in [6.07, 6.45) is 3.27. The minimum absolute atomic E-state index is 0.0344. The van der Waals surface area contributed by atoms with Crippen molar-refractivity contribution in [1.82, 2.24) is 4.90 Å². The first-order valence-corrected chi connectivity index (χ1v) is 9.40. The van der Waals surface area contributed by atoms with Crippen molar-refractivity contribution in [2.24, 2.45) is 0 Å².